The molecular formula is C19H26N6O4. The molecular weight excluding hydrogens is 376 g/mol. The Bertz CT molecular complexity index is 824. The Morgan fingerprint density at radius 2 is 1.79 bits per heavy atom. The molecule has 1 fully saturated rings. The molecule has 1 aliphatic rings. The van der Waals surface area contributed by atoms with Crippen molar-refractivity contribution >= 4 is 23.0 Å². The number of hydrogen-bond donors (Lipinski definition) is 1. The highest BCUT2D eigenvalue weighted by molar-refractivity contribution is 5.71. The number of ether oxygens (including phenoxy) is 2. The van der Waals surface area contributed by atoms with E-state index < -0.39 is 4.92 Å². The van der Waals surface area contributed by atoms with Gasteiger partial charge < -0.3 is 24.6 Å². The van der Waals surface area contributed by atoms with Gasteiger partial charge in [-0.3, -0.25) is 10.1 Å². The third kappa shape index (κ3) is 4.83. The SMILES string of the molecule is COCC(C)Nc1ncnc(N2CCN(c3ccc(OC)cc3)CC2)c1[N+](=O)[O-]. The van der Waals surface area contributed by atoms with Gasteiger partial charge in [-0.25, -0.2) is 9.97 Å². The van der Waals surface area contributed by atoms with Crippen molar-refractivity contribution in [2.75, 3.05) is 62.1 Å². The Labute approximate surface area is 169 Å². The minimum absolute atomic E-state index is 0.103. The zero-order valence-corrected chi connectivity index (χ0v) is 16.9. The average Bonchev–Trinajstić information content (AvgIpc) is 2.74. The smallest absolute Gasteiger partial charge is 0.353 e. The summed E-state index contributed by atoms with van der Waals surface area (Å²) in [6, 6.07) is 7.77. The molecule has 1 saturated heterocycles. The van der Waals surface area contributed by atoms with E-state index in [0.717, 1.165) is 24.5 Å². The summed E-state index contributed by atoms with van der Waals surface area (Å²) in [5, 5.41) is 14.8. The summed E-state index contributed by atoms with van der Waals surface area (Å²) in [5.74, 6) is 1.36. The highest BCUT2D eigenvalue weighted by Crippen LogP contribution is 2.33. The molecule has 29 heavy (non-hydrogen) atoms. The molecule has 0 spiro atoms. The van der Waals surface area contributed by atoms with Crippen LogP contribution in [0.5, 0.6) is 5.75 Å². The number of nitrogens with one attached hydrogen (secondary N) is 1. The fourth-order valence-electron chi connectivity index (χ4n) is 3.37. The van der Waals surface area contributed by atoms with E-state index in [9.17, 15) is 10.1 Å². The number of nitro groups is 1. The number of benzene rings is 1. The predicted molar refractivity (Wildman–Crippen MR) is 111 cm³/mol. The van der Waals surface area contributed by atoms with Crippen molar-refractivity contribution in [3.05, 3.63) is 40.7 Å². The molecule has 0 aliphatic carbocycles. The Morgan fingerprint density at radius 3 is 2.38 bits per heavy atom. The third-order valence-corrected chi connectivity index (χ3v) is 4.80. The molecule has 10 nitrogen and oxygen atoms in total. The molecule has 1 aliphatic heterocycles. The maximum atomic E-state index is 11.8. The topological polar surface area (TPSA) is 106 Å². The zero-order valence-electron chi connectivity index (χ0n) is 16.9. The third-order valence-electron chi connectivity index (χ3n) is 4.80. The summed E-state index contributed by atoms with van der Waals surface area (Å²) in [7, 11) is 3.22. The number of methoxy groups -OCH3 is 2. The Kier molecular flexibility index (Phi) is 6.65. The first-order chi connectivity index (χ1) is 14.0. The molecule has 2 heterocycles. The van der Waals surface area contributed by atoms with Crippen LogP contribution in [-0.2, 0) is 4.74 Å². The van der Waals surface area contributed by atoms with Crippen LogP contribution < -0.4 is 19.9 Å². The van der Waals surface area contributed by atoms with Crippen LogP contribution in [0.4, 0.5) is 23.0 Å². The van der Waals surface area contributed by atoms with Gasteiger partial charge in [0.05, 0.1) is 18.6 Å². The second-order valence-corrected chi connectivity index (χ2v) is 6.82. The molecule has 1 aromatic carbocycles. The number of piperazine rings is 1. The van der Waals surface area contributed by atoms with Crippen molar-refractivity contribution in [3.63, 3.8) is 0 Å². The zero-order chi connectivity index (χ0) is 20.8. The average molecular weight is 402 g/mol. The first-order valence-corrected chi connectivity index (χ1v) is 9.42. The van der Waals surface area contributed by atoms with Gasteiger partial charge in [0.1, 0.15) is 12.1 Å². The van der Waals surface area contributed by atoms with Crippen LogP contribution in [0.1, 0.15) is 6.92 Å². The standard InChI is InChI=1S/C19H26N6O4/c1-14(12-28-2)22-18-17(25(26)27)19(21-13-20-18)24-10-8-23(9-11-24)15-4-6-16(29-3)7-5-15/h4-7,13-14H,8-12H2,1-3H3,(H,20,21,22). The highest BCUT2D eigenvalue weighted by atomic mass is 16.6. The first-order valence-electron chi connectivity index (χ1n) is 9.42. The maximum absolute atomic E-state index is 11.8. The summed E-state index contributed by atoms with van der Waals surface area (Å²) >= 11 is 0. The van der Waals surface area contributed by atoms with Crippen LogP contribution in [0, 0.1) is 10.1 Å². The number of nitrogens with zero attached hydrogens (tertiary/aromatic N) is 5. The van der Waals surface area contributed by atoms with Gasteiger partial charge in [0, 0.05) is 45.0 Å². The quantitative estimate of drug-likeness (QED) is 0.525. The second kappa shape index (κ2) is 9.37. The highest BCUT2D eigenvalue weighted by Gasteiger charge is 2.29. The minimum Gasteiger partial charge on any atom is -0.497 e. The number of rotatable bonds is 8. The molecule has 0 amide bonds. The molecule has 1 atom stereocenters. The molecule has 10 heteroatoms. The summed E-state index contributed by atoms with van der Waals surface area (Å²) in [5.41, 5.74) is 0.992. The van der Waals surface area contributed by atoms with Gasteiger partial charge in [0.15, 0.2) is 0 Å². The number of aromatic nitrogens is 2. The summed E-state index contributed by atoms with van der Waals surface area (Å²) in [4.78, 5) is 23.8. The molecule has 2 aromatic rings. The van der Waals surface area contributed by atoms with Crippen LogP contribution in [-0.4, -0.2) is 67.9 Å². The minimum atomic E-state index is -0.424. The van der Waals surface area contributed by atoms with Crippen LogP contribution in [0.3, 0.4) is 0 Å². The molecule has 156 valence electrons. The Balaban J connectivity index is 1.74. The van der Waals surface area contributed by atoms with Crippen LogP contribution in [0.25, 0.3) is 0 Å². The molecule has 1 unspecified atom stereocenters. The summed E-state index contributed by atoms with van der Waals surface area (Å²) in [6.07, 6.45) is 1.36. The van der Waals surface area contributed by atoms with Crippen molar-refractivity contribution in [2.24, 2.45) is 0 Å². The molecule has 0 radical (unpaired) electrons. The van der Waals surface area contributed by atoms with Crippen molar-refractivity contribution < 1.29 is 14.4 Å². The van der Waals surface area contributed by atoms with Crippen molar-refractivity contribution in [3.8, 4) is 5.75 Å². The number of hydrogen-bond acceptors (Lipinski definition) is 9. The summed E-state index contributed by atoms with van der Waals surface area (Å²) < 4.78 is 10.3. The van der Waals surface area contributed by atoms with E-state index in [1.54, 1.807) is 14.2 Å². The normalized spacial score (nSPS) is 15.1. The van der Waals surface area contributed by atoms with E-state index in [4.69, 9.17) is 9.47 Å². The molecule has 1 aromatic heterocycles. The van der Waals surface area contributed by atoms with Gasteiger partial charge in [-0.1, -0.05) is 0 Å². The lowest BCUT2D eigenvalue weighted by Gasteiger charge is -2.36. The van der Waals surface area contributed by atoms with E-state index in [2.05, 4.69) is 20.2 Å². The van der Waals surface area contributed by atoms with E-state index in [1.807, 2.05) is 36.1 Å². The second-order valence-electron chi connectivity index (χ2n) is 6.82. The van der Waals surface area contributed by atoms with Gasteiger partial charge in [0.25, 0.3) is 0 Å². The van der Waals surface area contributed by atoms with Crippen LogP contribution in [0.2, 0.25) is 0 Å². The lowest BCUT2D eigenvalue weighted by Crippen LogP contribution is -2.47. The van der Waals surface area contributed by atoms with Gasteiger partial charge in [0.2, 0.25) is 11.6 Å². The molecule has 1 N–H and O–H groups in total. The van der Waals surface area contributed by atoms with Gasteiger partial charge in [-0.2, -0.15) is 0 Å². The van der Waals surface area contributed by atoms with Gasteiger partial charge in [-0.15, -0.1) is 0 Å². The first kappa shape index (κ1) is 20.6. The van der Waals surface area contributed by atoms with Gasteiger partial charge in [-0.05, 0) is 31.2 Å². The van der Waals surface area contributed by atoms with E-state index in [-0.39, 0.29) is 17.5 Å². The molecule has 0 bridgehead atoms. The lowest BCUT2D eigenvalue weighted by atomic mass is 10.2. The number of anilines is 3. The molecule has 3 rings (SSSR count). The van der Waals surface area contributed by atoms with E-state index in [0.29, 0.717) is 25.5 Å². The Hall–Kier alpha value is -3.14. The van der Waals surface area contributed by atoms with Crippen LogP contribution >= 0.6 is 0 Å². The fourth-order valence-corrected chi connectivity index (χ4v) is 3.37. The van der Waals surface area contributed by atoms with E-state index >= 15 is 0 Å². The monoisotopic (exact) mass is 402 g/mol. The van der Waals surface area contributed by atoms with Crippen molar-refractivity contribution in [1.29, 1.82) is 0 Å². The predicted octanol–water partition coefficient (Wildman–Crippen LogP) is 2.17. The van der Waals surface area contributed by atoms with Crippen molar-refractivity contribution in [1.82, 2.24) is 9.97 Å². The fraction of sp³-hybridized carbons (Fsp3) is 0.474. The lowest BCUT2D eigenvalue weighted by molar-refractivity contribution is -0.383. The van der Waals surface area contributed by atoms with Gasteiger partial charge >= 0.3 is 5.69 Å². The van der Waals surface area contributed by atoms with E-state index in [1.165, 1.54) is 6.33 Å². The summed E-state index contributed by atoms with van der Waals surface area (Å²) in [6.45, 7) is 5.00. The molecule has 0 saturated carbocycles. The maximum Gasteiger partial charge on any atom is 0.353 e. The Morgan fingerprint density at radius 1 is 1.14 bits per heavy atom. The van der Waals surface area contributed by atoms with Crippen molar-refractivity contribution in [2.45, 2.75) is 13.0 Å². The van der Waals surface area contributed by atoms with Crippen LogP contribution in [0.15, 0.2) is 30.6 Å². The largest absolute Gasteiger partial charge is 0.497 e.